The molecule has 0 spiro atoms. The summed E-state index contributed by atoms with van der Waals surface area (Å²) in [6.07, 6.45) is 13.8. The van der Waals surface area contributed by atoms with Crippen molar-refractivity contribution < 1.29 is 4.79 Å². The van der Waals surface area contributed by atoms with Crippen LogP contribution in [0.4, 0.5) is 5.82 Å². The Morgan fingerprint density at radius 1 is 0.968 bits per heavy atom. The van der Waals surface area contributed by atoms with Gasteiger partial charge in [-0.3, -0.25) is 9.48 Å². The summed E-state index contributed by atoms with van der Waals surface area (Å²) in [4.78, 5) is 19.4. The van der Waals surface area contributed by atoms with E-state index in [1.807, 2.05) is 18.5 Å². The Morgan fingerprint density at radius 3 is 2.58 bits per heavy atom. The average molecular weight is 418 g/mol. The van der Waals surface area contributed by atoms with Crippen molar-refractivity contribution in [1.29, 1.82) is 0 Å². The summed E-state index contributed by atoms with van der Waals surface area (Å²) < 4.78 is 2.13. The molecule has 6 heteroatoms. The number of rotatable bonds is 4. The van der Waals surface area contributed by atoms with Gasteiger partial charge in [0.2, 0.25) is 5.91 Å². The Bertz CT molecular complexity index is 1060. The van der Waals surface area contributed by atoms with Gasteiger partial charge in [0.15, 0.2) is 0 Å². The summed E-state index contributed by atoms with van der Waals surface area (Å²) >= 11 is 0. The maximum atomic E-state index is 12.6. The molecule has 1 aliphatic heterocycles. The van der Waals surface area contributed by atoms with Crippen LogP contribution in [0.15, 0.2) is 42.9 Å². The molecule has 0 unspecified atom stereocenters. The molecule has 1 saturated heterocycles. The van der Waals surface area contributed by atoms with Crippen LogP contribution in [0.2, 0.25) is 0 Å². The second kappa shape index (κ2) is 8.79. The highest BCUT2D eigenvalue weighted by molar-refractivity contribution is 5.95. The SMILES string of the molecule is CN1CCC(n2cc(-c3ccc4cnc(NC(=O)C5CCCCC5)cc4c3)cn2)CC1. The monoisotopic (exact) mass is 417 g/mol. The normalized spacial score (nSPS) is 19.0. The average Bonchev–Trinajstić information content (AvgIpc) is 3.30. The number of nitrogens with zero attached hydrogens (tertiary/aromatic N) is 4. The minimum Gasteiger partial charge on any atom is -0.310 e. The Labute approximate surface area is 183 Å². The number of carbonyl (C=O) groups excluding carboxylic acids is 1. The van der Waals surface area contributed by atoms with E-state index >= 15 is 0 Å². The van der Waals surface area contributed by atoms with Crippen molar-refractivity contribution in [2.75, 3.05) is 25.5 Å². The fourth-order valence-corrected chi connectivity index (χ4v) is 4.93. The first-order valence-corrected chi connectivity index (χ1v) is 11.6. The molecule has 3 heterocycles. The molecule has 5 rings (SSSR count). The zero-order valence-corrected chi connectivity index (χ0v) is 18.3. The minimum absolute atomic E-state index is 0.113. The van der Waals surface area contributed by atoms with Gasteiger partial charge in [-0.25, -0.2) is 4.98 Å². The Kier molecular flexibility index (Phi) is 5.72. The van der Waals surface area contributed by atoms with Gasteiger partial charge in [-0.1, -0.05) is 31.4 Å². The standard InChI is InChI=1S/C25H31N5O/c1-29-11-9-23(10-12-29)30-17-22(16-27-30)19-7-8-20-15-26-24(14-21(20)13-19)28-25(31)18-5-3-2-4-6-18/h7-8,13-18,23H,2-6,9-12H2,1H3,(H,26,28,31). The van der Waals surface area contributed by atoms with Crippen molar-refractivity contribution in [2.45, 2.75) is 51.0 Å². The molecule has 1 aliphatic carbocycles. The summed E-state index contributed by atoms with van der Waals surface area (Å²) in [7, 11) is 2.18. The number of anilines is 1. The van der Waals surface area contributed by atoms with Crippen LogP contribution in [0, 0.1) is 5.92 Å². The van der Waals surface area contributed by atoms with Gasteiger partial charge in [-0.15, -0.1) is 0 Å². The van der Waals surface area contributed by atoms with E-state index < -0.39 is 0 Å². The van der Waals surface area contributed by atoms with E-state index in [0.29, 0.717) is 11.9 Å². The van der Waals surface area contributed by atoms with Crippen molar-refractivity contribution in [3.63, 3.8) is 0 Å². The lowest BCUT2D eigenvalue weighted by atomic mass is 9.89. The summed E-state index contributed by atoms with van der Waals surface area (Å²) in [6.45, 7) is 2.25. The van der Waals surface area contributed by atoms with E-state index in [9.17, 15) is 4.79 Å². The number of pyridine rings is 1. The van der Waals surface area contributed by atoms with Crippen LogP contribution in [-0.4, -0.2) is 45.7 Å². The largest absolute Gasteiger partial charge is 0.310 e. The molecule has 2 fully saturated rings. The first-order chi connectivity index (χ1) is 15.2. The van der Waals surface area contributed by atoms with Crippen molar-refractivity contribution >= 4 is 22.5 Å². The highest BCUT2D eigenvalue weighted by Crippen LogP contribution is 2.29. The lowest BCUT2D eigenvalue weighted by Gasteiger charge is -2.28. The van der Waals surface area contributed by atoms with Gasteiger partial charge in [0.25, 0.3) is 0 Å². The zero-order chi connectivity index (χ0) is 21.2. The molecule has 2 aliphatic rings. The van der Waals surface area contributed by atoms with E-state index in [4.69, 9.17) is 0 Å². The van der Waals surface area contributed by atoms with Gasteiger partial charge >= 0.3 is 0 Å². The predicted molar refractivity (Wildman–Crippen MR) is 124 cm³/mol. The lowest BCUT2D eigenvalue weighted by Crippen LogP contribution is -2.31. The third-order valence-corrected chi connectivity index (χ3v) is 6.95. The molecule has 1 aromatic carbocycles. The van der Waals surface area contributed by atoms with E-state index in [0.717, 1.165) is 73.5 Å². The molecule has 0 bridgehead atoms. The second-order valence-electron chi connectivity index (χ2n) is 9.20. The molecule has 162 valence electrons. The van der Waals surface area contributed by atoms with Gasteiger partial charge in [0.05, 0.1) is 12.2 Å². The Morgan fingerprint density at radius 2 is 1.77 bits per heavy atom. The van der Waals surface area contributed by atoms with Crippen molar-refractivity contribution in [3.05, 3.63) is 42.9 Å². The lowest BCUT2D eigenvalue weighted by molar-refractivity contribution is -0.120. The minimum atomic E-state index is 0.113. The number of amides is 1. The van der Waals surface area contributed by atoms with Gasteiger partial charge in [-0.2, -0.15) is 5.10 Å². The maximum absolute atomic E-state index is 12.6. The molecule has 6 nitrogen and oxygen atoms in total. The van der Waals surface area contributed by atoms with E-state index in [1.165, 1.54) is 6.42 Å². The maximum Gasteiger partial charge on any atom is 0.228 e. The van der Waals surface area contributed by atoms with E-state index in [-0.39, 0.29) is 11.8 Å². The van der Waals surface area contributed by atoms with Gasteiger partial charge < -0.3 is 10.2 Å². The molecule has 0 radical (unpaired) electrons. The summed E-state index contributed by atoms with van der Waals surface area (Å²) in [5.41, 5.74) is 2.27. The van der Waals surface area contributed by atoms with E-state index in [2.05, 4.69) is 56.4 Å². The fourth-order valence-electron chi connectivity index (χ4n) is 4.93. The van der Waals surface area contributed by atoms with Crippen LogP contribution in [0.25, 0.3) is 21.9 Å². The molecule has 3 aromatic rings. The summed E-state index contributed by atoms with van der Waals surface area (Å²) in [6, 6.07) is 8.86. The molecule has 31 heavy (non-hydrogen) atoms. The number of fused-ring (bicyclic) bond motifs is 1. The van der Waals surface area contributed by atoms with Crippen LogP contribution in [-0.2, 0) is 4.79 Å². The molecule has 1 saturated carbocycles. The van der Waals surface area contributed by atoms with Crippen molar-refractivity contribution in [1.82, 2.24) is 19.7 Å². The van der Waals surface area contributed by atoms with Gasteiger partial charge in [0, 0.05) is 29.3 Å². The van der Waals surface area contributed by atoms with Crippen LogP contribution < -0.4 is 5.32 Å². The number of piperidine rings is 1. The van der Waals surface area contributed by atoms with Crippen LogP contribution in [0.1, 0.15) is 51.0 Å². The summed E-state index contributed by atoms with van der Waals surface area (Å²) in [5.74, 6) is 0.882. The number of benzene rings is 1. The number of nitrogens with one attached hydrogen (secondary N) is 1. The first-order valence-electron chi connectivity index (χ1n) is 11.6. The highest BCUT2D eigenvalue weighted by Gasteiger charge is 2.22. The third-order valence-electron chi connectivity index (χ3n) is 6.95. The van der Waals surface area contributed by atoms with Gasteiger partial charge in [0.1, 0.15) is 5.82 Å². The topological polar surface area (TPSA) is 63.1 Å². The number of hydrogen-bond donors (Lipinski definition) is 1. The highest BCUT2D eigenvalue weighted by atomic mass is 16.1. The Hall–Kier alpha value is -2.73. The molecule has 1 N–H and O–H groups in total. The predicted octanol–water partition coefficient (Wildman–Crippen LogP) is 4.88. The number of carbonyl (C=O) groups is 1. The van der Waals surface area contributed by atoms with Gasteiger partial charge in [-0.05, 0) is 68.9 Å². The summed E-state index contributed by atoms with van der Waals surface area (Å²) in [5, 5.41) is 9.86. The van der Waals surface area contributed by atoms with Crippen LogP contribution in [0.5, 0.6) is 0 Å². The molecule has 0 atom stereocenters. The first kappa shape index (κ1) is 20.2. The van der Waals surface area contributed by atoms with Crippen LogP contribution >= 0.6 is 0 Å². The molecular weight excluding hydrogens is 386 g/mol. The quantitative estimate of drug-likeness (QED) is 0.657. The van der Waals surface area contributed by atoms with Crippen LogP contribution in [0.3, 0.4) is 0 Å². The molecular formula is C25H31N5O. The van der Waals surface area contributed by atoms with Crippen molar-refractivity contribution in [2.24, 2.45) is 5.92 Å². The number of likely N-dealkylation sites (tertiary alicyclic amines) is 1. The number of hydrogen-bond acceptors (Lipinski definition) is 4. The van der Waals surface area contributed by atoms with Crippen molar-refractivity contribution in [3.8, 4) is 11.1 Å². The number of aromatic nitrogens is 3. The second-order valence-corrected chi connectivity index (χ2v) is 9.20. The fraction of sp³-hybridized carbons (Fsp3) is 0.480. The van der Waals surface area contributed by atoms with E-state index in [1.54, 1.807) is 0 Å². The molecule has 2 aromatic heterocycles. The third kappa shape index (κ3) is 4.49. The molecule has 1 amide bonds. The Balaban J connectivity index is 1.34. The zero-order valence-electron chi connectivity index (χ0n) is 18.3. The smallest absolute Gasteiger partial charge is 0.228 e.